The smallest absolute Gasteiger partial charge is 0.270 e. The number of halogens is 1. The highest BCUT2D eigenvalue weighted by Crippen LogP contribution is 2.11. The molecule has 0 fully saturated rings. The van der Waals surface area contributed by atoms with Crippen LogP contribution in [0.25, 0.3) is 0 Å². The molecule has 74 valence electrons. The molecule has 0 atom stereocenters. The van der Waals surface area contributed by atoms with Crippen molar-refractivity contribution in [1.29, 1.82) is 0 Å². The van der Waals surface area contributed by atoms with Gasteiger partial charge in [-0.1, -0.05) is 5.21 Å². The number of primary amides is 1. The quantitative estimate of drug-likeness (QED) is 0.726. The van der Waals surface area contributed by atoms with Crippen molar-refractivity contribution in [3.63, 3.8) is 0 Å². The second kappa shape index (κ2) is 3.74. The Morgan fingerprint density at radius 1 is 1.54 bits per heavy atom. The van der Waals surface area contributed by atoms with E-state index in [2.05, 4.69) is 10.3 Å². The van der Waals surface area contributed by atoms with E-state index in [1.54, 1.807) is 10.9 Å². The van der Waals surface area contributed by atoms with Crippen LogP contribution in [0.4, 0.5) is 0 Å². The highest BCUT2D eigenvalue weighted by molar-refractivity contribution is 5.90. The van der Waals surface area contributed by atoms with Crippen molar-refractivity contribution in [2.45, 2.75) is 26.3 Å². The molecule has 0 saturated carbocycles. The minimum absolute atomic E-state index is 0. The molecule has 13 heavy (non-hydrogen) atoms. The Morgan fingerprint density at radius 3 is 2.31 bits per heavy atom. The Labute approximate surface area is 82.7 Å². The summed E-state index contributed by atoms with van der Waals surface area (Å²) in [7, 11) is 0. The number of carbonyl (C=O) groups excluding carboxylic acids is 1. The number of hydrogen-bond donors (Lipinski definition) is 1. The van der Waals surface area contributed by atoms with Crippen LogP contribution in [-0.2, 0) is 5.54 Å². The van der Waals surface area contributed by atoms with Crippen LogP contribution in [0, 0.1) is 0 Å². The van der Waals surface area contributed by atoms with E-state index in [0.29, 0.717) is 0 Å². The monoisotopic (exact) mass is 204 g/mol. The van der Waals surface area contributed by atoms with Crippen LogP contribution < -0.4 is 5.73 Å². The Balaban J connectivity index is 0.00000144. The molecular formula is C7H13ClN4O. The van der Waals surface area contributed by atoms with Crippen LogP contribution in [0.3, 0.4) is 0 Å². The van der Waals surface area contributed by atoms with Gasteiger partial charge in [0.25, 0.3) is 5.91 Å². The molecular weight excluding hydrogens is 192 g/mol. The Bertz CT molecular complexity index is 302. The normalized spacial score (nSPS) is 10.7. The van der Waals surface area contributed by atoms with Gasteiger partial charge in [-0.2, -0.15) is 0 Å². The first kappa shape index (κ1) is 11.9. The van der Waals surface area contributed by atoms with Gasteiger partial charge in [0, 0.05) is 0 Å². The second-order valence-corrected chi connectivity index (χ2v) is 3.58. The lowest BCUT2D eigenvalue weighted by Crippen LogP contribution is -2.22. The number of rotatable bonds is 1. The fraction of sp³-hybridized carbons (Fsp3) is 0.571. The number of aromatic nitrogens is 3. The third-order valence-electron chi connectivity index (χ3n) is 1.43. The minimum Gasteiger partial charge on any atom is -0.364 e. The third-order valence-corrected chi connectivity index (χ3v) is 1.43. The molecule has 0 unspecified atom stereocenters. The van der Waals surface area contributed by atoms with Crippen LogP contribution in [0.15, 0.2) is 6.20 Å². The van der Waals surface area contributed by atoms with Gasteiger partial charge in [-0.3, -0.25) is 4.79 Å². The average Bonchev–Trinajstić information content (AvgIpc) is 2.30. The molecule has 1 heterocycles. The lowest BCUT2D eigenvalue weighted by Gasteiger charge is -2.17. The molecule has 6 heteroatoms. The van der Waals surface area contributed by atoms with Crippen molar-refractivity contribution >= 4 is 18.3 Å². The summed E-state index contributed by atoms with van der Waals surface area (Å²) in [6.45, 7) is 5.89. The van der Waals surface area contributed by atoms with E-state index >= 15 is 0 Å². The number of hydrogen-bond acceptors (Lipinski definition) is 3. The van der Waals surface area contributed by atoms with Gasteiger partial charge in [-0.05, 0) is 20.8 Å². The van der Waals surface area contributed by atoms with Crippen molar-refractivity contribution < 1.29 is 4.79 Å². The first-order valence-corrected chi connectivity index (χ1v) is 3.64. The minimum atomic E-state index is -0.550. The standard InChI is InChI=1S/C7H12N4O.ClH/c1-7(2,3)11-4-5(6(8)12)9-10-11;/h4H,1-3H3,(H2,8,12);1H. The Kier molecular flexibility index (Phi) is 3.42. The molecule has 0 aliphatic rings. The average molecular weight is 205 g/mol. The van der Waals surface area contributed by atoms with Crippen molar-refractivity contribution in [1.82, 2.24) is 15.0 Å². The Hall–Kier alpha value is -1.10. The van der Waals surface area contributed by atoms with Gasteiger partial charge in [-0.25, -0.2) is 4.68 Å². The molecule has 0 aliphatic carbocycles. The lowest BCUT2D eigenvalue weighted by molar-refractivity contribution is 0.0995. The van der Waals surface area contributed by atoms with E-state index in [0.717, 1.165) is 0 Å². The summed E-state index contributed by atoms with van der Waals surface area (Å²) >= 11 is 0. The third kappa shape index (κ3) is 2.69. The molecule has 1 amide bonds. The van der Waals surface area contributed by atoms with Gasteiger partial charge in [0.1, 0.15) is 0 Å². The highest BCUT2D eigenvalue weighted by atomic mass is 35.5. The molecule has 0 aliphatic heterocycles. The van der Waals surface area contributed by atoms with E-state index in [1.165, 1.54) is 0 Å². The van der Waals surface area contributed by atoms with E-state index in [1.807, 2.05) is 20.8 Å². The molecule has 0 aromatic carbocycles. The second-order valence-electron chi connectivity index (χ2n) is 3.58. The molecule has 1 rings (SSSR count). The Morgan fingerprint density at radius 2 is 2.08 bits per heavy atom. The molecule has 0 saturated heterocycles. The van der Waals surface area contributed by atoms with Gasteiger partial charge < -0.3 is 5.73 Å². The topological polar surface area (TPSA) is 73.8 Å². The fourth-order valence-corrected chi connectivity index (χ4v) is 0.705. The van der Waals surface area contributed by atoms with E-state index in [4.69, 9.17) is 5.73 Å². The fourth-order valence-electron chi connectivity index (χ4n) is 0.705. The van der Waals surface area contributed by atoms with Crippen LogP contribution in [0.2, 0.25) is 0 Å². The van der Waals surface area contributed by atoms with E-state index in [9.17, 15) is 4.79 Å². The van der Waals surface area contributed by atoms with Crippen LogP contribution >= 0.6 is 12.4 Å². The summed E-state index contributed by atoms with van der Waals surface area (Å²) in [6, 6.07) is 0. The predicted molar refractivity (Wildman–Crippen MR) is 50.8 cm³/mol. The summed E-state index contributed by atoms with van der Waals surface area (Å²) in [6.07, 6.45) is 1.54. The van der Waals surface area contributed by atoms with Crippen LogP contribution in [0.1, 0.15) is 31.3 Å². The summed E-state index contributed by atoms with van der Waals surface area (Å²) in [5.74, 6) is -0.550. The van der Waals surface area contributed by atoms with Crippen molar-refractivity contribution in [3.05, 3.63) is 11.9 Å². The molecule has 0 spiro atoms. The maximum absolute atomic E-state index is 10.6. The van der Waals surface area contributed by atoms with Crippen molar-refractivity contribution in [2.75, 3.05) is 0 Å². The summed E-state index contributed by atoms with van der Waals surface area (Å²) in [5.41, 5.74) is 5.05. The van der Waals surface area contributed by atoms with Crippen molar-refractivity contribution in [3.8, 4) is 0 Å². The first-order valence-electron chi connectivity index (χ1n) is 3.64. The summed E-state index contributed by atoms with van der Waals surface area (Å²) in [5, 5.41) is 7.40. The van der Waals surface area contributed by atoms with Crippen molar-refractivity contribution in [2.24, 2.45) is 5.73 Å². The van der Waals surface area contributed by atoms with Gasteiger partial charge in [0.05, 0.1) is 11.7 Å². The molecule has 0 radical (unpaired) electrons. The predicted octanol–water partition coefficient (Wildman–Crippen LogP) is 0.554. The number of carbonyl (C=O) groups is 1. The van der Waals surface area contributed by atoms with Gasteiger partial charge in [0.15, 0.2) is 5.69 Å². The highest BCUT2D eigenvalue weighted by Gasteiger charge is 2.16. The number of nitrogens with zero attached hydrogens (tertiary/aromatic N) is 3. The zero-order valence-corrected chi connectivity index (χ0v) is 8.63. The van der Waals surface area contributed by atoms with E-state index in [-0.39, 0.29) is 23.6 Å². The molecule has 5 nitrogen and oxygen atoms in total. The van der Waals surface area contributed by atoms with Gasteiger partial charge >= 0.3 is 0 Å². The molecule has 2 N–H and O–H groups in total. The van der Waals surface area contributed by atoms with Crippen LogP contribution in [-0.4, -0.2) is 20.9 Å². The maximum atomic E-state index is 10.6. The van der Waals surface area contributed by atoms with Crippen LogP contribution in [0.5, 0.6) is 0 Å². The molecule has 1 aromatic heterocycles. The van der Waals surface area contributed by atoms with Gasteiger partial charge in [0.2, 0.25) is 0 Å². The van der Waals surface area contributed by atoms with Gasteiger partial charge in [-0.15, -0.1) is 17.5 Å². The first-order chi connectivity index (χ1) is 5.41. The molecule has 0 bridgehead atoms. The number of nitrogens with two attached hydrogens (primary N) is 1. The zero-order valence-electron chi connectivity index (χ0n) is 7.81. The lowest BCUT2D eigenvalue weighted by atomic mass is 10.1. The van der Waals surface area contributed by atoms with E-state index < -0.39 is 5.91 Å². The largest absolute Gasteiger partial charge is 0.364 e. The SMILES string of the molecule is CC(C)(C)n1cc(C(N)=O)nn1.Cl. The number of amides is 1. The summed E-state index contributed by atoms with van der Waals surface area (Å²) in [4.78, 5) is 10.6. The maximum Gasteiger partial charge on any atom is 0.270 e. The zero-order chi connectivity index (χ0) is 9.35. The molecule has 1 aromatic rings. The summed E-state index contributed by atoms with van der Waals surface area (Å²) < 4.78 is 1.60.